The lowest BCUT2D eigenvalue weighted by molar-refractivity contribution is 0.470. The minimum atomic E-state index is -0.530. The molecule has 4 aromatic rings. The van der Waals surface area contributed by atoms with E-state index in [1.807, 2.05) is 26.0 Å². The van der Waals surface area contributed by atoms with Gasteiger partial charge in [-0.1, -0.05) is 74.5 Å². The van der Waals surface area contributed by atoms with E-state index in [4.69, 9.17) is 0 Å². The average Bonchev–Trinajstić information content (AvgIpc) is 3.12. The van der Waals surface area contributed by atoms with Gasteiger partial charge in [-0.25, -0.2) is 0 Å². The first kappa shape index (κ1) is 21.3. The maximum absolute atomic E-state index is 10.3. The molecule has 0 saturated carbocycles. The molecule has 0 heterocycles. The van der Waals surface area contributed by atoms with Crippen molar-refractivity contribution < 1.29 is 10.2 Å². The van der Waals surface area contributed by atoms with Gasteiger partial charge >= 0.3 is 0 Å². The van der Waals surface area contributed by atoms with Crippen LogP contribution in [0.4, 0.5) is 0 Å². The van der Waals surface area contributed by atoms with Crippen LogP contribution < -0.4 is 0 Å². The maximum Gasteiger partial charge on any atom is 0.118 e. The molecular weight excluding hydrogens is 404 g/mol. The average molecular weight is 435 g/mol. The van der Waals surface area contributed by atoms with Crippen molar-refractivity contribution in [2.45, 2.75) is 46.0 Å². The largest absolute Gasteiger partial charge is 0.508 e. The molecule has 4 aromatic carbocycles. The first-order valence-electron chi connectivity index (χ1n) is 11.8. The smallest absolute Gasteiger partial charge is 0.118 e. The van der Waals surface area contributed by atoms with E-state index in [9.17, 15) is 10.2 Å². The van der Waals surface area contributed by atoms with E-state index in [1.54, 1.807) is 0 Å². The number of rotatable bonds is 4. The zero-order chi connectivity index (χ0) is 23.3. The molecule has 0 spiro atoms. The number of phenolic OH excluding ortho intramolecular Hbond substituents is 2. The van der Waals surface area contributed by atoms with Crippen molar-refractivity contribution in [1.82, 2.24) is 0 Å². The number of hydrogen-bond acceptors (Lipinski definition) is 2. The van der Waals surface area contributed by atoms with Crippen LogP contribution in [0.25, 0.3) is 11.1 Å². The van der Waals surface area contributed by atoms with E-state index in [2.05, 4.69) is 74.5 Å². The van der Waals surface area contributed by atoms with Gasteiger partial charge in [0.15, 0.2) is 0 Å². The molecule has 5 rings (SSSR count). The van der Waals surface area contributed by atoms with Gasteiger partial charge in [0.05, 0.1) is 5.41 Å². The quantitative estimate of drug-likeness (QED) is 0.314. The Balaban J connectivity index is 1.98. The predicted molar refractivity (Wildman–Crippen MR) is 135 cm³/mol. The molecule has 2 nitrogen and oxygen atoms in total. The van der Waals surface area contributed by atoms with Crippen molar-refractivity contribution in [2.24, 2.45) is 0 Å². The monoisotopic (exact) mass is 434 g/mol. The molecule has 0 unspecified atom stereocenters. The van der Waals surface area contributed by atoms with Crippen LogP contribution in [0.2, 0.25) is 0 Å². The highest BCUT2D eigenvalue weighted by molar-refractivity contribution is 5.87. The standard InChI is InChI=1S/C31H30O2/c1-5-21-7-11-25-26-12-8-22(6-2)18-28(26)31(27(25)17-21,23-9-13-29(32)19(3)15-23)24-10-14-30(33)20(4)16-24/h7-18,32-33H,5-6H2,1-4H3. The zero-order valence-electron chi connectivity index (χ0n) is 19.7. The van der Waals surface area contributed by atoms with Crippen LogP contribution in [0.1, 0.15) is 58.4 Å². The van der Waals surface area contributed by atoms with Crippen molar-refractivity contribution >= 4 is 0 Å². The molecule has 0 aromatic heterocycles. The summed E-state index contributed by atoms with van der Waals surface area (Å²) in [6, 6.07) is 25.7. The summed E-state index contributed by atoms with van der Waals surface area (Å²) in [5.74, 6) is 0.609. The first-order chi connectivity index (χ1) is 15.9. The lowest BCUT2D eigenvalue weighted by Gasteiger charge is -2.35. The Morgan fingerprint density at radius 2 is 1.00 bits per heavy atom. The Hall–Kier alpha value is -3.52. The second-order valence-electron chi connectivity index (χ2n) is 9.22. The van der Waals surface area contributed by atoms with Crippen LogP contribution in [0.3, 0.4) is 0 Å². The highest BCUT2D eigenvalue weighted by Crippen LogP contribution is 2.57. The predicted octanol–water partition coefficient (Wildman–Crippen LogP) is 7.20. The van der Waals surface area contributed by atoms with E-state index < -0.39 is 5.41 Å². The van der Waals surface area contributed by atoms with Gasteiger partial charge in [-0.2, -0.15) is 0 Å². The van der Waals surface area contributed by atoms with Gasteiger partial charge in [0, 0.05) is 0 Å². The van der Waals surface area contributed by atoms with Crippen molar-refractivity contribution in [1.29, 1.82) is 0 Å². The lowest BCUT2D eigenvalue weighted by atomic mass is 9.66. The molecule has 0 amide bonds. The Labute approximate surface area is 196 Å². The van der Waals surface area contributed by atoms with Crippen molar-refractivity contribution in [3.05, 3.63) is 117 Å². The fourth-order valence-electron chi connectivity index (χ4n) is 5.42. The van der Waals surface area contributed by atoms with Crippen molar-refractivity contribution in [3.63, 3.8) is 0 Å². The Bertz CT molecular complexity index is 1270. The van der Waals surface area contributed by atoms with E-state index >= 15 is 0 Å². The molecule has 33 heavy (non-hydrogen) atoms. The van der Waals surface area contributed by atoms with Crippen LogP contribution in [-0.2, 0) is 18.3 Å². The van der Waals surface area contributed by atoms with Gasteiger partial charge in [0.25, 0.3) is 0 Å². The number of benzene rings is 4. The minimum Gasteiger partial charge on any atom is -0.508 e. The summed E-state index contributed by atoms with van der Waals surface area (Å²) in [6.45, 7) is 8.29. The fourth-order valence-corrected chi connectivity index (χ4v) is 5.42. The normalized spacial score (nSPS) is 13.6. The molecule has 166 valence electrons. The Kier molecular flexibility index (Phi) is 5.05. The summed E-state index contributed by atoms with van der Waals surface area (Å²) in [5, 5.41) is 20.7. The van der Waals surface area contributed by atoms with E-state index in [-0.39, 0.29) is 0 Å². The number of fused-ring (bicyclic) bond motifs is 3. The van der Waals surface area contributed by atoms with Gasteiger partial charge in [0.1, 0.15) is 11.5 Å². The Morgan fingerprint density at radius 1 is 0.576 bits per heavy atom. The van der Waals surface area contributed by atoms with Gasteiger partial charge in [-0.3, -0.25) is 0 Å². The van der Waals surface area contributed by atoms with Gasteiger partial charge in [-0.15, -0.1) is 0 Å². The number of hydrogen-bond donors (Lipinski definition) is 2. The van der Waals surface area contributed by atoms with E-state index in [0.717, 1.165) is 35.1 Å². The van der Waals surface area contributed by atoms with Crippen molar-refractivity contribution in [2.75, 3.05) is 0 Å². The Morgan fingerprint density at radius 3 is 1.36 bits per heavy atom. The second kappa shape index (κ2) is 7.81. The summed E-state index contributed by atoms with van der Waals surface area (Å²) in [6.07, 6.45) is 1.92. The topological polar surface area (TPSA) is 40.5 Å². The first-order valence-corrected chi connectivity index (χ1v) is 11.8. The van der Waals surface area contributed by atoms with Gasteiger partial charge in [0.2, 0.25) is 0 Å². The summed E-state index contributed by atoms with van der Waals surface area (Å²) in [4.78, 5) is 0. The summed E-state index contributed by atoms with van der Waals surface area (Å²) in [5.41, 5.74) is 11.1. The molecule has 1 aliphatic rings. The maximum atomic E-state index is 10.3. The lowest BCUT2D eigenvalue weighted by Crippen LogP contribution is -2.29. The molecule has 0 bridgehead atoms. The highest BCUT2D eigenvalue weighted by Gasteiger charge is 2.46. The summed E-state index contributed by atoms with van der Waals surface area (Å²) >= 11 is 0. The fraction of sp³-hybridized carbons (Fsp3) is 0.226. The highest BCUT2D eigenvalue weighted by atomic mass is 16.3. The van der Waals surface area contributed by atoms with E-state index in [0.29, 0.717) is 11.5 Å². The SMILES string of the molecule is CCc1ccc2c(c1)C(c1ccc(O)c(C)c1)(c1ccc(O)c(C)c1)c1cc(CC)ccc1-2. The number of phenols is 2. The van der Waals surface area contributed by atoms with Crippen molar-refractivity contribution in [3.8, 4) is 22.6 Å². The molecule has 1 aliphatic carbocycles. The minimum absolute atomic E-state index is 0.304. The molecule has 0 aliphatic heterocycles. The van der Waals surface area contributed by atoms with Crippen LogP contribution in [-0.4, -0.2) is 10.2 Å². The summed E-state index contributed by atoms with van der Waals surface area (Å²) in [7, 11) is 0. The van der Waals surface area contributed by atoms with Crippen LogP contribution >= 0.6 is 0 Å². The second-order valence-corrected chi connectivity index (χ2v) is 9.22. The van der Waals surface area contributed by atoms with E-state index in [1.165, 1.54) is 33.4 Å². The number of aryl methyl sites for hydroxylation is 4. The molecular formula is C31H30O2. The van der Waals surface area contributed by atoms with Crippen LogP contribution in [0, 0.1) is 13.8 Å². The third kappa shape index (κ3) is 3.08. The third-order valence-corrected chi connectivity index (χ3v) is 7.34. The van der Waals surface area contributed by atoms with Crippen LogP contribution in [0.15, 0.2) is 72.8 Å². The molecule has 0 fully saturated rings. The molecule has 2 N–H and O–H groups in total. The molecule has 2 heteroatoms. The van der Waals surface area contributed by atoms with Gasteiger partial charge in [-0.05, 0) is 94.5 Å². The summed E-state index contributed by atoms with van der Waals surface area (Å²) < 4.78 is 0. The van der Waals surface area contributed by atoms with Gasteiger partial charge < -0.3 is 10.2 Å². The molecule has 0 saturated heterocycles. The number of aromatic hydroxyl groups is 2. The molecule has 0 atom stereocenters. The third-order valence-electron chi connectivity index (χ3n) is 7.34. The van der Waals surface area contributed by atoms with Crippen LogP contribution in [0.5, 0.6) is 11.5 Å². The zero-order valence-corrected chi connectivity index (χ0v) is 19.7. The molecule has 0 radical (unpaired) electrons.